The second-order valence-electron chi connectivity index (χ2n) is 7.43. The summed E-state index contributed by atoms with van der Waals surface area (Å²) < 4.78 is 16.7. The Hall–Kier alpha value is -3.89. The van der Waals surface area contributed by atoms with Gasteiger partial charge in [-0.3, -0.25) is 0 Å². The third kappa shape index (κ3) is 4.81. The first-order valence-electron chi connectivity index (χ1n) is 10.2. The number of nitriles is 1. The zero-order valence-electron chi connectivity index (χ0n) is 18.2. The highest BCUT2D eigenvalue weighted by Gasteiger charge is 2.31. The lowest BCUT2D eigenvalue weighted by Gasteiger charge is -2.26. The summed E-state index contributed by atoms with van der Waals surface area (Å²) in [6.07, 6.45) is 2.01. The number of para-hydroxylation sites is 1. The fourth-order valence-electron chi connectivity index (χ4n) is 3.65. The maximum atomic E-state index is 12.3. The van der Waals surface area contributed by atoms with Crippen LogP contribution in [0, 0.1) is 18.3 Å². The van der Waals surface area contributed by atoms with Gasteiger partial charge in [0.15, 0.2) is 6.61 Å². The van der Waals surface area contributed by atoms with Crippen LogP contribution >= 0.6 is 11.8 Å². The summed E-state index contributed by atoms with van der Waals surface area (Å²) in [5, 5.41) is 9.71. The van der Waals surface area contributed by atoms with E-state index in [9.17, 15) is 10.1 Å². The Bertz CT molecular complexity index is 1260. The molecule has 0 aromatic heterocycles. The van der Waals surface area contributed by atoms with E-state index in [-0.39, 0.29) is 18.4 Å². The molecular formula is C26H22N2O4S. The molecule has 0 amide bonds. The smallest absolute Gasteiger partial charge is 0.349 e. The summed E-state index contributed by atoms with van der Waals surface area (Å²) >= 11 is 1.64. The standard InChI is InChI=1S/C26H22N2O4S/c1-16-5-3-4-6-22(16)30-15-24(29)31-18-9-12-20-23(13-18)32-26(28)21(14-27)25(20)17-7-10-19(33-2)11-8-17/h3-13,25H,15,28H2,1-2H3. The number of ether oxygens (including phenoxy) is 3. The van der Waals surface area contributed by atoms with Crippen LogP contribution in [-0.4, -0.2) is 18.8 Å². The predicted octanol–water partition coefficient (Wildman–Crippen LogP) is 4.92. The molecule has 0 saturated heterocycles. The monoisotopic (exact) mass is 458 g/mol. The molecule has 0 fully saturated rings. The van der Waals surface area contributed by atoms with E-state index < -0.39 is 5.97 Å². The fourth-order valence-corrected chi connectivity index (χ4v) is 4.06. The Balaban J connectivity index is 1.55. The molecule has 33 heavy (non-hydrogen) atoms. The average molecular weight is 459 g/mol. The zero-order chi connectivity index (χ0) is 23.4. The van der Waals surface area contributed by atoms with Gasteiger partial charge in [0, 0.05) is 16.5 Å². The van der Waals surface area contributed by atoms with Crippen LogP contribution in [0.2, 0.25) is 0 Å². The second-order valence-corrected chi connectivity index (χ2v) is 8.31. The SMILES string of the molecule is CSc1ccc(C2C(C#N)=C(N)Oc3cc(OC(=O)COc4ccccc4C)ccc32)cc1. The first-order chi connectivity index (χ1) is 16.0. The lowest BCUT2D eigenvalue weighted by atomic mass is 9.83. The van der Waals surface area contributed by atoms with Crippen molar-refractivity contribution in [2.45, 2.75) is 17.7 Å². The van der Waals surface area contributed by atoms with E-state index in [1.807, 2.05) is 55.6 Å². The molecular weight excluding hydrogens is 436 g/mol. The number of hydrogen-bond donors (Lipinski definition) is 1. The summed E-state index contributed by atoms with van der Waals surface area (Å²) in [5.74, 6) is 0.492. The first-order valence-corrected chi connectivity index (χ1v) is 11.5. The van der Waals surface area contributed by atoms with Crippen LogP contribution in [0.4, 0.5) is 0 Å². The topological polar surface area (TPSA) is 94.6 Å². The number of nitrogens with zero attached hydrogens (tertiary/aromatic N) is 1. The molecule has 0 aliphatic carbocycles. The summed E-state index contributed by atoms with van der Waals surface area (Å²) in [6.45, 7) is 1.67. The Labute approximate surface area is 196 Å². The van der Waals surface area contributed by atoms with Gasteiger partial charge in [0.2, 0.25) is 5.88 Å². The third-order valence-corrected chi connectivity index (χ3v) is 6.05. The van der Waals surface area contributed by atoms with Gasteiger partial charge >= 0.3 is 5.97 Å². The summed E-state index contributed by atoms with van der Waals surface area (Å²) in [6, 6.07) is 22.6. The van der Waals surface area contributed by atoms with Crippen LogP contribution in [0.3, 0.4) is 0 Å². The Kier molecular flexibility index (Phi) is 6.57. The number of carbonyl (C=O) groups excluding carboxylic acids is 1. The molecule has 1 aliphatic rings. The van der Waals surface area contributed by atoms with Crippen molar-refractivity contribution < 1.29 is 19.0 Å². The lowest BCUT2D eigenvalue weighted by Crippen LogP contribution is -2.21. The molecule has 0 spiro atoms. The van der Waals surface area contributed by atoms with Crippen molar-refractivity contribution in [3.8, 4) is 23.3 Å². The molecule has 166 valence electrons. The minimum Gasteiger partial charge on any atom is -0.482 e. The van der Waals surface area contributed by atoms with Crippen LogP contribution < -0.4 is 19.9 Å². The first kappa shape index (κ1) is 22.3. The predicted molar refractivity (Wildman–Crippen MR) is 126 cm³/mol. The normalized spacial score (nSPS) is 14.6. The van der Waals surface area contributed by atoms with Crippen LogP contribution in [0.5, 0.6) is 17.2 Å². The van der Waals surface area contributed by atoms with Crippen molar-refractivity contribution in [1.82, 2.24) is 0 Å². The average Bonchev–Trinajstić information content (AvgIpc) is 2.82. The van der Waals surface area contributed by atoms with Gasteiger partial charge in [0.05, 0.1) is 5.92 Å². The number of esters is 1. The molecule has 1 heterocycles. The lowest BCUT2D eigenvalue weighted by molar-refractivity contribution is -0.136. The van der Waals surface area contributed by atoms with Crippen molar-refractivity contribution in [3.63, 3.8) is 0 Å². The molecule has 0 radical (unpaired) electrons. The number of nitrogens with two attached hydrogens (primary N) is 1. The maximum Gasteiger partial charge on any atom is 0.349 e. The van der Waals surface area contributed by atoms with Gasteiger partial charge in [-0.1, -0.05) is 36.4 Å². The number of rotatable bonds is 6. The maximum absolute atomic E-state index is 12.3. The van der Waals surface area contributed by atoms with Crippen molar-refractivity contribution in [2.24, 2.45) is 5.73 Å². The van der Waals surface area contributed by atoms with E-state index in [1.165, 1.54) is 0 Å². The van der Waals surface area contributed by atoms with Crippen LogP contribution in [-0.2, 0) is 4.79 Å². The molecule has 1 aliphatic heterocycles. The minimum absolute atomic E-state index is 0.0373. The highest BCUT2D eigenvalue weighted by atomic mass is 32.2. The van der Waals surface area contributed by atoms with Crippen molar-refractivity contribution >= 4 is 17.7 Å². The summed E-state index contributed by atoms with van der Waals surface area (Å²) in [7, 11) is 0. The fraction of sp³-hybridized carbons (Fsp3) is 0.154. The minimum atomic E-state index is -0.542. The van der Waals surface area contributed by atoms with Gasteiger partial charge in [-0.15, -0.1) is 11.8 Å². The molecule has 7 heteroatoms. The number of allylic oxidation sites excluding steroid dienone is 1. The van der Waals surface area contributed by atoms with E-state index in [1.54, 1.807) is 36.0 Å². The van der Waals surface area contributed by atoms with Crippen LogP contribution in [0.1, 0.15) is 22.6 Å². The Morgan fingerprint density at radius 3 is 2.61 bits per heavy atom. The van der Waals surface area contributed by atoms with E-state index in [0.29, 0.717) is 22.8 Å². The molecule has 1 unspecified atom stereocenters. The van der Waals surface area contributed by atoms with Gasteiger partial charge < -0.3 is 19.9 Å². The number of fused-ring (bicyclic) bond motifs is 1. The number of carbonyl (C=O) groups is 1. The molecule has 2 N–H and O–H groups in total. The van der Waals surface area contributed by atoms with E-state index >= 15 is 0 Å². The van der Waals surface area contributed by atoms with Gasteiger partial charge in [-0.2, -0.15) is 5.26 Å². The Morgan fingerprint density at radius 1 is 1.15 bits per heavy atom. The second kappa shape index (κ2) is 9.72. The van der Waals surface area contributed by atoms with Gasteiger partial charge in [0.25, 0.3) is 0 Å². The highest BCUT2D eigenvalue weighted by molar-refractivity contribution is 7.98. The number of aryl methyl sites for hydroxylation is 1. The van der Waals surface area contributed by atoms with E-state index in [2.05, 4.69) is 6.07 Å². The molecule has 0 bridgehead atoms. The third-order valence-electron chi connectivity index (χ3n) is 5.31. The van der Waals surface area contributed by atoms with Crippen molar-refractivity contribution in [3.05, 3.63) is 94.9 Å². The molecule has 0 saturated carbocycles. The van der Waals surface area contributed by atoms with Gasteiger partial charge in [-0.25, -0.2) is 4.79 Å². The number of benzene rings is 3. The molecule has 1 atom stereocenters. The molecule has 3 aromatic carbocycles. The quantitative estimate of drug-likeness (QED) is 0.318. The number of thioether (sulfide) groups is 1. The Morgan fingerprint density at radius 2 is 1.91 bits per heavy atom. The van der Waals surface area contributed by atoms with Gasteiger partial charge in [-0.05, 0) is 48.6 Å². The van der Waals surface area contributed by atoms with E-state index in [4.69, 9.17) is 19.9 Å². The van der Waals surface area contributed by atoms with Crippen molar-refractivity contribution in [2.75, 3.05) is 12.9 Å². The molecule has 6 nitrogen and oxygen atoms in total. The van der Waals surface area contributed by atoms with Crippen LogP contribution in [0.15, 0.2) is 83.1 Å². The van der Waals surface area contributed by atoms with Gasteiger partial charge in [0.1, 0.15) is 28.9 Å². The molecule has 3 aromatic rings. The summed E-state index contributed by atoms with van der Waals surface area (Å²) in [5.41, 5.74) is 9.04. The van der Waals surface area contributed by atoms with Crippen molar-refractivity contribution in [1.29, 1.82) is 5.26 Å². The highest BCUT2D eigenvalue weighted by Crippen LogP contribution is 2.43. The van der Waals surface area contributed by atoms with Crippen LogP contribution in [0.25, 0.3) is 0 Å². The summed E-state index contributed by atoms with van der Waals surface area (Å²) in [4.78, 5) is 13.4. The number of hydrogen-bond acceptors (Lipinski definition) is 7. The zero-order valence-corrected chi connectivity index (χ0v) is 19.0. The largest absolute Gasteiger partial charge is 0.482 e. The van der Waals surface area contributed by atoms with E-state index in [0.717, 1.165) is 21.6 Å². The molecule has 4 rings (SSSR count).